The van der Waals surface area contributed by atoms with Crippen LogP contribution in [0.4, 0.5) is 0 Å². The van der Waals surface area contributed by atoms with Gasteiger partial charge in [0.25, 0.3) is 0 Å². The van der Waals surface area contributed by atoms with Gasteiger partial charge in [0.15, 0.2) is 0 Å². The smallest absolute Gasteiger partial charge is 0.0769 e. The van der Waals surface area contributed by atoms with Gasteiger partial charge in [0.05, 0.1) is 10.6 Å². The van der Waals surface area contributed by atoms with Crippen LogP contribution >= 0.6 is 11.5 Å². The fourth-order valence-corrected chi connectivity index (χ4v) is 3.66. The molecule has 0 amide bonds. The van der Waals surface area contributed by atoms with Crippen LogP contribution in [0.2, 0.25) is 0 Å². The Balaban J connectivity index is 1.62. The average Bonchev–Trinajstić information content (AvgIpc) is 3.02. The van der Waals surface area contributed by atoms with Gasteiger partial charge in [-0.25, -0.2) is 0 Å². The van der Waals surface area contributed by atoms with Crippen molar-refractivity contribution < 1.29 is 0 Å². The quantitative estimate of drug-likeness (QED) is 0.787. The predicted molar refractivity (Wildman–Crippen MR) is 80.8 cm³/mol. The fraction of sp³-hybridized carbons (Fsp3) is 0.333. The van der Waals surface area contributed by atoms with Crippen LogP contribution in [0.5, 0.6) is 0 Å². The van der Waals surface area contributed by atoms with Gasteiger partial charge in [0, 0.05) is 36.2 Å². The molecule has 0 saturated carbocycles. The molecule has 1 aromatic carbocycles. The summed E-state index contributed by atoms with van der Waals surface area (Å²) in [7, 11) is 0. The first kappa shape index (κ1) is 12.1. The third-order valence-electron chi connectivity index (χ3n) is 4.07. The molecule has 20 heavy (non-hydrogen) atoms. The van der Waals surface area contributed by atoms with Crippen molar-refractivity contribution in [3.63, 3.8) is 0 Å². The molecule has 4 nitrogen and oxygen atoms in total. The predicted octanol–water partition coefficient (Wildman–Crippen LogP) is 2.89. The Morgan fingerprint density at radius 2 is 2.25 bits per heavy atom. The van der Waals surface area contributed by atoms with Gasteiger partial charge in [-0.05, 0) is 36.5 Å². The van der Waals surface area contributed by atoms with Gasteiger partial charge in [-0.1, -0.05) is 22.7 Å². The number of aryl methyl sites for hydroxylation is 1. The van der Waals surface area contributed by atoms with Gasteiger partial charge >= 0.3 is 0 Å². The van der Waals surface area contributed by atoms with Crippen molar-refractivity contribution in [2.24, 2.45) is 0 Å². The minimum absolute atomic E-state index is 0.957. The maximum atomic E-state index is 4.10. The number of hydrogen-bond donors (Lipinski definition) is 1. The van der Waals surface area contributed by atoms with E-state index in [1.54, 1.807) is 0 Å². The summed E-state index contributed by atoms with van der Waals surface area (Å²) in [5, 5.41) is 5.48. The largest absolute Gasteiger partial charge is 0.357 e. The maximum Gasteiger partial charge on any atom is 0.0769 e. The topological polar surface area (TPSA) is 44.8 Å². The Labute approximate surface area is 121 Å². The van der Waals surface area contributed by atoms with Crippen LogP contribution in [0.1, 0.15) is 21.8 Å². The van der Waals surface area contributed by atoms with E-state index in [4.69, 9.17) is 0 Å². The third-order valence-corrected chi connectivity index (χ3v) is 4.88. The average molecular weight is 284 g/mol. The number of aromatic nitrogens is 3. The van der Waals surface area contributed by atoms with Gasteiger partial charge < -0.3 is 4.98 Å². The molecular weight excluding hydrogens is 268 g/mol. The summed E-state index contributed by atoms with van der Waals surface area (Å²) in [6.07, 6.45) is 1.12. The van der Waals surface area contributed by atoms with Crippen molar-refractivity contribution in [3.05, 3.63) is 46.1 Å². The van der Waals surface area contributed by atoms with Crippen LogP contribution < -0.4 is 0 Å². The van der Waals surface area contributed by atoms with E-state index in [1.807, 2.05) is 6.92 Å². The van der Waals surface area contributed by atoms with Gasteiger partial charge in [0.2, 0.25) is 0 Å². The molecule has 0 radical (unpaired) electrons. The van der Waals surface area contributed by atoms with E-state index in [0.717, 1.165) is 31.7 Å². The number of benzene rings is 1. The van der Waals surface area contributed by atoms with Crippen molar-refractivity contribution in [2.45, 2.75) is 26.4 Å². The van der Waals surface area contributed by atoms with E-state index in [2.05, 4.69) is 43.7 Å². The molecule has 0 atom stereocenters. The van der Waals surface area contributed by atoms with Crippen molar-refractivity contribution in [3.8, 4) is 0 Å². The zero-order valence-corrected chi connectivity index (χ0v) is 12.2. The molecular formula is C15H16N4S. The molecule has 5 heteroatoms. The molecule has 0 fully saturated rings. The minimum Gasteiger partial charge on any atom is -0.357 e. The maximum absolute atomic E-state index is 4.10. The highest BCUT2D eigenvalue weighted by Gasteiger charge is 2.21. The number of para-hydroxylation sites is 1. The zero-order valence-electron chi connectivity index (χ0n) is 11.4. The second-order valence-electron chi connectivity index (χ2n) is 5.37. The second kappa shape index (κ2) is 4.68. The van der Waals surface area contributed by atoms with E-state index in [9.17, 15) is 0 Å². The Morgan fingerprint density at radius 1 is 1.35 bits per heavy atom. The molecule has 2 aromatic heterocycles. The van der Waals surface area contributed by atoms with Crippen molar-refractivity contribution >= 4 is 22.4 Å². The minimum atomic E-state index is 0.957. The van der Waals surface area contributed by atoms with Gasteiger partial charge in [-0.15, -0.1) is 5.10 Å². The third kappa shape index (κ3) is 1.94. The number of H-pyrrole nitrogens is 1. The highest BCUT2D eigenvalue weighted by atomic mass is 32.1. The Morgan fingerprint density at radius 3 is 3.10 bits per heavy atom. The number of nitrogens with one attached hydrogen (secondary N) is 1. The SMILES string of the molecule is Cc1nnsc1CN1CCc2c([nH]c3ccccc23)C1. The molecule has 1 aliphatic rings. The summed E-state index contributed by atoms with van der Waals surface area (Å²) in [5.74, 6) is 0. The summed E-state index contributed by atoms with van der Waals surface area (Å²) >= 11 is 1.52. The molecule has 102 valence electrons. The van der Waals surface area contributed by atoms with E-state index in [1.165, 1.54) is 38.6 Å². The molecule has 0 spiro atoms. The van der Waals surface area contributed by atoms with Crippen molar-refractivity contribution in [2.75, 3.05) is 6.54 Å². The first-order valence-electron chi connectivity index (χ1n) is 6.90. The van der Waals surface area contributed by atoms with E-state index in [-0.39, 0.29) is 0 Å². The highest BCUT2D eigenvalue weighted by molar-refractivity contribution is 7.05. The second-order valence-corrected chi connectivity index (χ2v) is 6.21. The molecule has 3 heterocycles. The Kier molecular flexibility index (Phi) is 2.82. The lowest BCUT2D eigenvalue weighted by Crippen LogP contribution is -2.29. The number of nitrogens with zero attached hydrogens (tertiary/aromatic N) is 3. The number of hydrogen-bond acceptors (Lipinski definition) is 4. The van der Waals surface area contributed by atoms with Gasteiger partial charge in [-0.2, -0.15) is 0 Å². The molecule has 3 aromatic rings. The first-order chi connectivity index (χ1) is 9.81. The van der Waals surface area contributed by atoms with Crippen molar-refractivity contribution in [1.82, 2.24) is 19.5 Å². The Bertz CT molecular complexity index is 758. The number of rotatable bonds is 2. The van der Waals surface area contributed by atoms with E-state index < -0.39 is 0 Å². The number of aromatic amines is 1. The monoisotopic (exact) mass is 284 g/mol. The number of fused-ring (bicyclic) bond motifs is 3. The van der Waals surface area contributed by atoms with Crippen LogP contribution in [0.15, 0.2) is 24.3 Å². The van der Waals surface area contributed by atoms with Crippen LogP contribution in [0, 0.1) is 6.92 Å². The molecule has 1 aliphatic heterocycles. The summed E-state index contributed by atoms with van der Waals surface area (Å²) in [6, 6.07) is 8.59. The standard InChI is InChI=1S/C15H16N4S/c1-10-15(20-18-17-10)9-19-7-6-12-11-4-2-3-5-13(11)16-14(12)8-19/h2-5,16H,6-9H2,1H3. The van der Waals surface area contributed by atoms with Crippen molar-refractivity contribution in [1.29, 1.82) is 0 Å². The van der Waals surface area contributed by atoms with Crippen LogP contribution in [-0.2, 0) is 19.5 Å². The van der Waals surface area contributed by atoms with E-state index in [0.29, 0.717) is 0 Å². The zero-order chi connectivity index (χ0) is 13.5. The van der Waals surface area contributed by atoms with E-state index >= 15 is 0 Å². The summed E-state index contributed by atoms with van der Waals surface area (Å²) in [4.78, 5) is 7.32. The summed E-state index contributed by atoms with van der Waals surface area (Å²) in [6.45, 7) is 5.09. The van der Waals surface area contributed by atoms with Crippen LogP contribution in [-0.4, -0.2) is 26.0 Å². The lowest BCUT2D eigenvalue weighted by molar-refractivity contribution is 0.245. The molecule has 0 aliphatic carbocycles. The first-order valence-corrected chi connectivity index (χ1v) is 7.67. The molecule has 0 unspecified atom stereocenters. The van der Waals surface area contributed by atoms with Crippen LogP contribution in [0.3, 0.4) is 0 Å². The molecule has 0 saturated heterocycles. The molecule has 4 rings (SSSR count). The van der Waals surface area contributed by atoms with Gasteiger partial charge in [-0.3, -0.25) is 4.90 Å². The lowest BCUT2D eigenvalue weighted by Gasteiger charge is -2.26. The molecule has 0 bridgehead atoms. The summed E-state index contributed by atoms with van der Waals surface area (Å²) in [5.41, 5.74) is 5.19. The van der Waals surface area contributed by atoms with Gasteiger partial charge in [0.1, 0.15) is 0 Å². The summed E-state index contributed by atoms with van der Waals surface area (Å²) < 4.78 is 4.02. The van der Waals surface area contributed by atoms with Crippen LogP contribution in [0.25, 0.3) is 10.9 Å². The molecule has 1 N–H and O–H groups in total. The fourth-order valence-electron chi connectivity index (χ4n) is 2.98. The highest BCUT2D eigenvalue weighted by Crippen LogP contribution is 2.28. The normalized spacial score (nSPS) is 15.7. The Hall–Kier alpha value is -1.72. The lowest BCUT2D eigenvalue weighted by atomic mass is 10.0.